The number of nitrogens with two attached hydrogens (primary N) is 1. The van der Waals surface area contributed by atoms with E-state index in [1.807, 2.05) is 12.1 Å². The highest BCUT2D eigenvalue weighted by molar-refractivity contribution is 8.68. The minimum atomic E-state index is -0.187. The maximum Gasteiger partial charge on any atom is 0.224 e. The van der Waals surface area contributed by atoms with Crippen molar-refractivity contribution in [2.75, 3.05) is 11.1 Å². The second kappa shape index (κ2) is 42.2. The number of hydrogen-bond donors (Lipinski definition) is 2. The van der Waals surface area contributed by atoms with Gasteiger partial charge in [0, 0.05) is 98.2 Å². The molecule has 274 valence electrons. The van der Waals surface area contributed by atoms with Crippen molar-refractivity contribution in [3.8, 4) is 0 Å². The van der Waals surface area contributed by atoms with Gasteiger partial charge in [0.2, 0.25) is 11.1 Å². The number of carbonyl (C=O) groups excluding carboxylic acids is 2. The van der Waals surface area contributed by atoms with Crippen LogP contribution in [-0.2, 0) is 76.4 Å². The van der Waals surface area contributed by atoms with Crippen LogP contribution in [0, 0.1) is 0 Å². The van der Waals surface area contributed by atoms with Crippen LogP contribution in [0.25, 0.3) is 0 Å². The zero-order chi connectivity index (χ0) is 35.8. The summed E-state index contributed by atoms with van der Waals surface area (Å²) in [6.45, 7) is 4.49. The molecular weight excluding hydrogens is 756 g/mol. The smallest absolute Gasteiger partial charge is 0.224 e. The molecule has 0 aliphatic rings. The molecule has 6 nitrogen and oxygen atoms in total. The molecule has 0 unspecified atom stereocenters. The second-order valence-electron chi connectivity index (χ2n) is 10.9. The van der Waals surface area contributed by atoms with Gasteiger partial charge in [0.05, 0.1) is 17.6 Å². The fourth-order valence-corrected chi connectivity index (χ4v) is 12.6. The van der Waals surface area contributed by atoms with E-state index in [4.69, 9.17) is 17.3 Å². The molecule has 0 saturated heterocycles. The van der Waals surface area contributed by atoms with Gasteiger partial charge in [-0.3, -0.25) is 19.6 Å². The van der Waals surface area contributed by atoms with Gasteiger partial charge in [0.25, 0.3) is 0 Å². The van der Waals surface area contributed by atoms with Gasteiger partial charge < -0.3 is 11.1 Å². The fraction of sp³-hybridized carbons (Fsp3) is 0.647. The zero-order valence-corrected chi connectivity index (χ0v) is 35.3. The number of nitrogens with zero attached hydrogens (tertiary/aromatic N) is 2. The van der Waals surface area contributed by atoms with Crippen LogP contribution in [0.1, 0.15) is 142 Å². The molecule has 48 heavy (non-hydrogen) atoms. The summed E-state index contributed by atoms with van der Waals surface area (Å²) in [5.74, 6) is 0.0981. The van der Waals surface area contributed by atoms with Crippen molar-refractivity contribution < 1.29 is 9.59 Å². The quantitative estimate of drug-likeness (QED) is 0.0957. The molecule has 1 amide bonds. The first kappa shape index (κ1) is 49.2. The largest absolute Gasteiger partial charge is 0.397 e. The maximum atomic E-state index is 11.7. The van der Waals surface area contributed by atoms with E-state index in [2.05, 4.69) is 51.5 Å². The second-order valence-corrected chi connectivity index (χ2v) is 20.2. The van der Waals surface area contributed by atoms with Crippen LogP contribution in [0.3, 0.4) is 0 Å². The predicted octanol–water partition coefficient (Wildman–Crippen LogP) is 10.3. The number of rotatable bonds is 21. The Morgan fingerprint density at radius 1 is 0.667 bits per heavy atom. The van der Waals surface area contributed by atoms with Crippen LogP contribution in [-0.4, -0.2) is 21.1 Å². The van der Waals surface area contributed by atoms with Gasteiger partial charge in [-0.05, 0) is 48.7 Å². The molecule has 3 N–H and O–H groups in total. The number of nitrogen functional groups attached to an aromatic ring is 1. The van der Waals surface area contributed by atoms with E-state index < -0.39 is 0 Å². The Labute approximate surface area is 320 Å². The number of aromatic nitrogens is 2. The first-order chi connectivity index (χ1) is 23.4. The molecule has 0 fully saturated rings. The molecule has 0 atom stereocenters. The standard InChI is InChI=1S/C17H28N2O.C12H23ClO.C5H6N2.S7/c1-2-3-4-5-6-7-8-9-10-13-17(20)19-16-12-11-14-18-15-16;1-2-3-4-5-6-7-8-9-10-11-12(13)14;6-5-2-1-3-7-4-5;1-3-5-7-6-4-2/h11-12,14-15H,2-10,13H2,1H3,(H,19,20);2-11H2,1H3;1-4H,6H2;. The lowest BCUT2D eigenvalue weighted by Crippen LogP contribution is -2.11. The van der Waals surface area contributed by atoms with Crippen molar-refractivity contribution in [3.05, 3.63) is 49.1 Å². The molecular formula is C34H57ClN4O2S7. The molecule has 0 saturated carbocycles. The molecule has 2 heterocycles. The first-order valence-electron chi connectivity index (χ1n) is 17.0. The highest BCUT2D eigenvalue weighted by Gasteiger charge is 2.02. The first-order valence-corrected chi connectivity index (χ1v) is 25.4. The third-order valence-corrected chi connectivity index (χ3v) is 15.8. The Morgan fingerprint density at radius 3 is 1.46 bits per heavy atom. The molecule has 0 aliphatic heterocycles. The number of halogens is 1. The summed E-state index contributed by atoms with van der Waals surface area (Å²) in [5, 5.41) is 2.68. The van der Waals surface area contributed by atoms with Crippen molar-refractivity contribution in [2.45, 2.75) is 142 Å². The highest BCUT2D eigenvalue weighted by Crippen LogP contribution is 2.12. The Kier molecular flexibility index (Phi) is 43.3. The summed E-state index contributed by atoms with van der Waals surface area (Å²) in [5.41, 5.74) is 6.79. The maximum absolute atomic E-state index is 11.7. The van der Waals surface area contributed by atoms with Crippen LogP contribution in [0.15, 0.2) is 49.1 Å². The number of pyridine rings is 2. The molecule has 2 aromatic rings. The SMILES string of the molecule is CCCCCCCCCCCC(=O)Cl.CCCCCCCCCCCC(=O)Nc1cccnc1.Nc1cccnc1.S=S=S=S=S=S=S. The van der Waals surface area contributed by atoms with E-state index >= 15 is 0 Å². The molecule has 0 aliphatic carbocycles. The molecule has 2 rings (SSSR count). The van der Waals surface area contributed by atoms with Gasteiger partial charge >= 0.3 is 0 Å². The van der Waals surface area contributed by atoms with E-state index in [0.29, 0.717) is 18.5 Å². The minimum Gasteiger partial charge on any atom is -0.397 e. The molecule has 2 aromatic heterocycles. The number of hydrogen-bond acceptors (Lipinski definition) is 7. The third kappa shape index (κ3) is 43.1. The van der Waals surface area contributed by atoms with Crippen molar-refractivity contribution >= 4 is 101 Å². The summed E-state index contributed by atoms with van der Waals surface area (Å²) >= 11 is 14.4. The molecule has 0 aromatic carbocycles. The normalized spacial score (nSPS) is 9.56. The number of amides is 1. The number of anilines is 2. The van der Waals surface area contributed by atoms with Crippen molar-refractivity contribution in [1.82, 2.24) is 9.97 Å². The minimum absolute atomic E-state index is 0.0981. The van der Waals surface area contributed by atoms with Crippen LogP contribution < -0.4 is 11.1 Å². The lowest BCUT2D eigenvalue weighted by molar-refractivity contribution is -0.116. The van der Waals surface area contributed by atoms with Crippen LogP contribution in [0.4, 0.5) is 11.4 Å². The fourth-order valence-electron chi connectivity index (χ4n) is 4.24. The highest BCUT2D eigenvalue weighted by atomic mass is 35.5. The number of carbonyl (C=O) groups is 2. The summed E-state index contributed by atoms with van der Waals surface area (Å²) in [6, 6.07) is 7.29. The van der Waals surface area contributed by atoms with E-state index in [-0.39, 0.29) is 11.1 Å². The Morgan fingerprint density at radius 2 is 1.10 bits per heavy atom. The van der Waals surface area contributed by atoms with Gasteiger partial charge in [0.1, 0.15) is 0 Å². The monoisotopic (exact) mass is 812 g/mol. The lowest BCUT2D eigenvalue weighted by atomic mass is 10.1. The van der Waals surface area contributed by atoms with E-state index in [0.717, 1.165) is 31.4 Å². The van der Waals surface area contributed by atoms with Gasteiger partial charge in [0.15, 0.2) is 0 Å². The van der Waals surface area contributed by atoms with Gasteiger partial charge in [-0.1, -0.05) is 117 Å². The van der Waals surface area contributed by atoms with Crippen molar-refractivity contribution in [2.24, 2.45) is 0 Å². The Bertz CT molecular complexity index is 1210. The van der Waals surface area contributed by atoms with Crippen LogP contribution >= 0.6 is 11.6 Å². The van der Waals surface area contributed by atoms with Crippen molar-refractivity contribution in [3.63, 3.8) is 0 Å². The molecule has 0 bridgehead atoms. The Balaban J connectivity index is 0. The summed E-state index contributed by atoms with van der Waals surface area (Å²) in [7, 11) is 7.36. The predicted molar refractivity (Wildman–Crippen MR) is 228 cm³/mol. The van der Waals surface area contributed by atoms with Gasteiger partial charge in [-0.2, -0.15) is 0 Å². The van der Waals surface area contributed by atoms with E-state index in [9.17, 15) is 9.59 Å². The van der Waals surface area contributed by atoms with Crippen molar-refractivity contribution in [1.29, 1.82) is 0 Å². The molecule has 0 spiro atoms. The average Bonchev–Trinajstić information content (AvgIpc) is 3.09. The lowest BCUT2D eigenvalue weighted by Gasteiger charge is -2.04. The Hall–Kier alpha value is -0.930. The van der Waals surface area contributed by atoms with Crippen LogP contribution in [0.5, 0.6) is 0 Å². The summed E-state index contributed by atoms with van der Waals surface area (Å²) in [6.07, 6.45) is 30.9. The van der Waals surface area contributed by atoms with E-state index in [1.54, 1.807) is 63.6 Å². The number of unbranched alkanes of at least 4 members (excludes halogenated alkanes) is 16. The van der Waals surface area contributed by atoms with Gasteiger partial charge in [-0.25, -0.2) is 0 Å². The summed E-state index contributed by atoms with van der Waals surface area (Å²) in [4.78, 5) is 29.8. The zero-order valence-electron chi connectivity index (χ0n) is 28.8. The molecule has 0 radical (unpaired) electrons. The van der Waals surface area contributed by atoms with Gasteiger partial charge in [-0.15, -0.1) is 0 Å². The number of nitrogens with one attached hydrogen (secondary N) is 1. The molecule has 14 heteroatoms. The summed E-state index contributed by atoms with van der Waals surface area (Å²) < 4.78 is 0. The van der Waals surface area contributed by atoms with E-state index in [1.165, 1.54) is 108 Å². The third-order valence-electron chi connectivity index (χ3n) is 6.73. The van der Waals surface area contributed by atoms with Crippen LogP contribution in [0.2, 0.25) is 0 Å². The average molecular weight is 814 g/mol. The topological polar surface area (TPSA) is 98.0 Å².